The SMILES string of the molecule is CC#CCN1CCCC1(C)C(=O)O. The highest BCUT2D eigenvalue weighted by molar-refractivity contribution is 5.78. The molecule has 0 aliphatic carbocycles. The first kappa shape index (κ1) is 10.1. The lowest BCUT2D eigenvalue weighted by molar-refractivity contribution is -0.148. The monoisotopic (exact) mass is 181 g/mol. The van der Waals surface area contributed by atoms with Crippen molar-refractivity contribution in [2.24, 2.45) is 0 Å². The first-order valence-electron chi connectivity index (χ1n) is 4.49. The van der Waals surface area contributed by atoms with Gasteiger partial charge in [-0.05, 0) is 26.7 Å². The molecule has 0 aromatic carbocycles. The minimum Gasteiger partial charge on any atom is -0.480 e. The highest BCUT2D eigenvalue weighted by atomic mass is 16.4. The lowest BCUT2D eigenvalue weighted by atomic mass is 9.99. The van der Waals surface area contributed by atoms with Gasteiger partial charge >= 0.3 is 5.97 Å². The van der Waals surface area contributed by atoms with Gasteiger partial charge in [-0.3, -0.25) is 9.69 Å². The Morgan fingerprint density at radius 3 is 2.92 bits per heavy atom. The van der Waals surface area contributed by atoms with Crippen LogP contribution in [0.15, 0.2) is 0 Å². The standard InChI is InChI=1S/C10H15NO2/c1-3-4-7-11-8-5-6-10(11,2)9(12)13/h5-8H2,1-2H3,(H,12,13). The summed E-state index contributed by atoms with van der Waals surface area (Å²) in [5, 5.41) is 9.05. The van der Waals surface area contributed by atoms with Gasteiger partial charge in [0.15, 0.2) is 0 Å². The van der Waals surface area contributed by atoms with Gasteiger partial charge in [-0.15, -0.1) is 5.92 Å². The van der Waals surface area contributed by atoms with Gasteiger partial charge in [-0.2, -0.15) is 0 Å². The van der Waals surface area contributed by atoms with Gasteiger partial charge < -0.3 is 5.11 Å². The number of likely N-dealkylation sites (tertiary alicyclic amines) is 1. The highest BCUT2D eigenvalue weighted by Gasteiger charge is 2.42. The van der Waals surface area contributed by atoms with E-state index in [-0.39, 0.29) is 0 Å². The van der Waals surface area contributed by atoms with Crippen LogP contribution in [-0.4, -0.2) is 34.6 Å². The summed E-state index contributed by atoms with van der Waals surface area (Å²) in [6, 6.07) is 0. The zero-order valence-corrected chi connectivity index (χ0v) is 8.13. The molecule has 0 bridgehead atoms. The molecule has 1 aliphatic rings. The second-order valence-corrected chi connectivity index (χ2v) is 3.53. The number of carbonyl (C=O) groups is 1. The topological polar surface area (TPSA) is 40.5 Å². The third-order valence-electron chi connectivity index (χ3n) is 2.70. The quantitative estimate of drug-likeness (QED) is 0.645. The molecule has 0 radical (unpaired) electrons. The summed E-state index contributed by atoms with van der Waals surface area (Å²) < 4.78 is 0. The van der Waals surface area contributed by atoms with Gasteiger partial charge in [0, 0.05) is 6.54 Å². The van der Waals surface area contributed by atoms with Crippen LogP contribution in [0.25, 0.3) is 0 Å². The number of hydrogen-bond donors (Lipinski definition) is 1. The third kappa shape index (κ3) is 1.84. The van der Waals surface area contributed by atoms with Crippen LogP contribution in [0.5, 0.6) is 0 Å². The second kappa shape index (κ2) is 3.80. The van der Waals surface area contributed by atoms with Crippen molar-refractivity contribution in [1.29, 1.82) is 0 Å². The fraction of sp³-hybridized carbons (Fsp3) is 0.700. The molecule has 0 aromatic rings. The number of rotatable bonds is 2. The number of aliphatic carboxylic acids is 1. The van der Waals surface area contributed by atoms with E-state index < -0.39 is 11.5 Å². The second-order valence-electron chi connectivity index (χ2n) is 3.53. The Morgan fingerprint density at radius 2 is 2.38 bits per heavy atom. The molecule has 1 fully saturated rings. The van der Waals surface area contributed by atoms with Gasteiger partial charge in [-0.25, -0.2) is 0 Å². The molecule has 3 heteroatoms. The van der Waals surface area contributed by atoms with Crippen molar-refractivity contribution in [3.63, 3.8) is 0 Å². The summed E-state index contributed by atoms with van der Waals surface area (Å²) in [6.07, 6.45) is 1.68. The average molecular weight is 181 g/mol. The Bertz CT molecular complexity index is 264. The molecule has 0 amide bonds. The van der Waals surface area contributed by atoms with Crippen molar-refractivity contribution in [2.45, 2.75) is 32.2 Å². The molecule has 0 saturated carbocycles. The third-order valence-corrected chi connectivity index (χ3v) is 2.70. The number of nitrogens with zero attached hydrogens (tertiary/aromatic N) is 1. The molecule has 1 aliphatic heterocycles. The molecule has 1 N–H and O–H groups in total. The van der Waals surface area contributed by atoms with Gasteiger partial charge in [-0.1, -0.05) is 5.92 Å². The average Bonchev–Trinajstić information content (AvgIpc) is 2.45. The maximum atomic E-state index is 11.0. The molecule has 13 heavy (non-hydrogen) atoms. The first-order valence-corrected chi connectivity index (χ1v) is 4.49. The smallest absolute Gasteiger partial charge is 0.323 e. The highest BCUT2D eigenvalue weighted by Crippen LogP contribution is 2.28. The fourth-order valence-corrected chi connectivity index (χ4v) is 1.69. The molecule has 1 heterocycles. The van der Waals surface area contributed by atoms with E-state index in [1.54, 1.807) is 13.8 Å². The van der Waals surface area contributed by atoms with Crippen LogP contribution in [0.4, 0.5) is 0 Å². The Hall–Kier alpha value is -1.01. The number of carboxylic acid groups (broad SMARTS) is 1. The van der Waals surface area contributed by atoms with E-state index in [1.165, 1.54) is 0 Å². The lowest BCUT2D eigenvalue weighted by Crippen LogP contribution is -2.47. The number of hydrogen-bond acceptors (Lipinski definition) is 2. The van der Waals surface area contributed by atoms with Crippen molar-refractivity contribution >= 4 is 5.97 Å². The summed E-state index contributed by atoms with van der Waals surface area (Å²) in [7, 11) is 0. The number of carboxylic acids is 1. The zero-order valence-electron chi connectivity index (χ0n) is 8.13. The van der Waals surface area contributed by atoms with Gasteiger partial charge in [0.1, 0.15) is 5.54 Å². The summed E-state index contributed by atoms with van der Waals surface area (Å²) in [4.78, 5) is 12.9. The van der Waals surface area contributed by atoms with Crippen LogP contribution >= 0.6 is 0 Å². The maximum absolute atomic E-state index is 11.0. The van der Waals surface area contributed by atoms with Crippen LogP contribution in [0, 0.1) is 11.8 Å². The molecule has 3 nitrogen and oxygen atoms in total. The predicted octanol–water partition coefficient (Wildman–Crippen LogP) is 0.949. The van der Waals surface area contributed by atoms with E-state index in [4.69, 9.17) is 5.11 Å². The first-order chi connectivity index (χ1) is 6.11. The van der Waals surface area contributed by atoms with Crippen LogP contribution in [0.2, 0.25) is 0 Å². The lowest BCUT2D eigenvalue weighted by Gasteiger charge is -2.29. The summed E-state index contributed by atoms with van der Waals surface area (Å²) in [5.74, 6) is 4.97. The molecule has 1 saturated heterocycles. The largest absolute Gasteiger partial charge is 0.480 e. The van der Waals surface area contributed by atoms with Crippen LogP contribution in [0.3, 0.4) is 0 Å². The van der Waals surface area contributed by atoms with Crippen LogP contribution in [0.1, 0.15) is 26.7 Å². The van der Waals surface area contributed by atoms with E-state index in [2.05, 4.69) is 11.8 Å². The molecule has 1 unspecified atom stereocenters. The molecule has 1 rings (SSSR count). The van der Waals surface area contributed by atoms with Crippen molar-refractivity contribution in [3.05, 3.63) is 0 Å². The van der Waals surface area contributed by atoms with Gasteiger partial charge in [0.2, 0.25) is 0 Å². The predicted molar refractivity (Wildman–Crippen MR) is 50.3 cm³/mol. The van der Waals surface area contributed by atoms with Crippen molar-refractivity contribution in [1.82, 2.24) is 4.90 Å². The minimum atomic E-state index is -0.733. The molecule has 0 aromatic heterocycles. The summed E-state index contributed by atoms with van der Waals surface area (Å²) in [6.45, 7) is 4.96. The molecule has 1 atom stereocenters. The van der Waals surface area contributed by atoms with Crippen LogP contribution in [-0.2, 0) is 4.79 Å². The Balaban J connectivity index is 2.71. The maximum Gasteiger partial charge on any atom is 0.323 e. The Morgan fingerprint density at radius 1 is 1.69 bits per heavy atom. The summed E-state index contributed by atoms with van der Waals surface area (Å²) >= 11 is 0. The van der Waals surface area contributed by atoms with E-state index in [1.807, 2.05) is 4.90 Å². The molecule has 72 valence electrons. The van der Waals surface area contributed by atoms with E-state index in [0.29, 0.717) is 6.54 Å². The van der Waals surface area contributed by atoms with E-state index in [9.17, 15) is 4.79 Å². The van der Waals surface area contributed by atoms with Crippen molar-refractivity contribution in [2.75, 3.05) is 13.1 Å². The molecule has 0 spiro atoms. The van der Waals surface area contributed by atoms with Gasteiger partial charge in [0.25, 0.3) is 0 Å². The Kier molecular flexibility index (Phi) is 2.94. The van der Waals surface area contributed by atoms with E-state index in [0.717, 1.165) is 19.4 Å². The van der Waals surface area contributed by atoms with Gasteiger partial charge in [0.05, 0.1) is 6.54 Å². The van der Waals surface area contributed by atoms with Crippen molar-refractivity contribution < 1.29 is 9.90 Å². The normalized spacial score (nSPS) is 28.2. The molecular formula is C10H15NO2. The van der Waals surface area contributed by atoms with Crippen molar-refractivity contribution in [3.8, 4) is 11.8 Å². The summed E-state index contributed by atoms with van der Waals surface area (Å²) in [5.41, 5.74) is -0.691. The Labute approximate surface area is 78.7 Å². The molecular weight excluding hydrogens is 166 g/mol. The van der Waals surface area contributed by atoms with E-state index >= 15 is 0 Å². The fourth-order valence-electron chi connectivity index (χ4n) is 1.69. The van der Waals surface area contributed by atoms with Crippen LogP contribution < -0.4 is 0 Å². The zero-order chi connectivity index (χ0) is 9.90. The minimum absolute atomic E-state index is 0.569.